The zero-order chi connectivity index (χ0) is 19.4. The molecule has 0 spiro atoms. The summed E-state index contributed by atoms with van der Waals surface area (Å²) in [6.45, 7) is -0.231. The molecule has 2 aromatic rings. The predicted octanol–water partition coefficient (Wildman–Crippen LogP) is 1.40. The van der Waals surface area contributed by atoms with E-state index in [1.54, 1.807) is 5.48 Å². The Morgan fingerprint density at radius 1 is 1.22 bits per heavy atom. The Kier molecular flexibility index (Phi) is 5.96. The summed E-state index contributed by atoms with van der Waals surface area (Å²) in [6, 6.07) is -0.125. The van der Waals surface area contributed by atoms with Crippen molar-refractivity contribution in [2.75, 3.05) is 19.8 Å². The molecule has 1 aromatic heterocycles. The largest absolute Gasteiger partial charge is 0.394 e. The fourth-order valence-electron chi connectivity index (χ4n) is 2.50. The van der Waals surface area contributed by atoms with Crippen LogP contribution in [0, 0.1) is 17.5 Å². The van der Waals surface area contributed by atoms with Crippen LogP contribution in [0.25, 0.3) is 0 Å². The van der Waals surface area contributed by atoms with E-state index in [-0.39, 0.29) is 24.5 Å². The average molecular weight is 384 g/mol. The molecule has 144 valence electrons. The zero-order valence-electron chi connectivity index (χ0n) is 13.8. The molecule has 0 aliphatic carbocycles. The zero-order valence-corrected chi connectivity index (χ0v) is 13.8. The van der Waals surface area contributed by atoms with Crippen LogP contribution in [0.4, 0.5) is 13.2 Å². The van der Waals surface area contributed by atoms with E-state index in [1.165, 1.54) is 18.6 Å². The highest BCUT2D eigenvalue weighted by atomic mass is 19.2. The first-order chi connectivity index (χ1) is 13.1. The number of nitrogens with zero attached hydrogens (tertiary/aromatic N) is 3. The topological polar surface area (TPSA) is 109 Å². The number of nitrogens with one attached hydrogen (secondary N) is 1. The molecule has 1 aromatic carbocycles. The van der Waals surface area contributed by atoms with Crippen LogP contribution in [0.1, 0.15) is 29.2 Å². The van der Waals surface area contributed by atoms with Crippen LogP contribution < -0.4 is 5.48 Å². The number of hydrogen-bond acceptors (Lipinski definition) is 7. The predicted molar refractivity (Wildman–Crippen MR) is 84.3 cm³/mol. The molecule has 1 atom stereocenters. The minimum Gasteiger partial charge on any atom is -0.394 e. The van der Waals surface area contributed by atoms with Gasteiger partial charge >= 0.3 is 0 Å². The van der Waals surface area contributed by atoms with Gasteiger partial charge in [0, 0.05) is 18.0 Å². The number of hydrogen-bond donors (Lipinski definition) is 3. The molecule has 0 bridgehead atoms. The maximum Gasteiger partial charge on any atom is 0.195 e. The lowest BCUT2D eigenvalue weighted by Gasteiger charge is -2.16. The Hall–Kier alpha value is -2.60. The van der Waals surface area contributed by atoms with E-state index in [1.807, 2.05) is 0 Å². The molecule has 0 saturated carbocycles. The first-order valence-electron chi connectivity index (χ1n) is 7.82. The molecule has 8 nitrogen and oxygen atoms in total. The molecule has 27 heavy (non-hydrogen) atoms. The van der Waals surface area contributed by atoms with Crippen molar-refractivity contribution < 1.29 is 33.0 Å². The van der Waals surface area contributed by atoms with Crippen molar-refractivity contribution in [2.24, 2.45) is 4.99 Å². The summed E-state index contributed by atoms with van der Waals surface area (Å²) >= 11 is 0. The molecule has 0 amide bonds. The number of rotatable bonds is 5. The van der Waals surface area contributed by atoms with Gasteiger partial charge in [0.2, 0.25) is 0 Å². The Bertz CT molecular complexity index is 832. The van der Waals surface area contributed by atoms with Crippen molar-refractivity contribution in [3.8, 4) is 0 Å². The number of hydroxylamine groups is 1. The first-order valence-corrected chi connectivity index (χ1v) is 7.82. The van der Waals surface area contributed by atoms with Crippen molar-refractivity contribution in [3.05, 3.63) is 58.9 Å². The Balaban J connectivity index is 2.06. The first kappa shape index (κ1) is 19.2. The van der Waals surface area contributed by atoms with E-state index in [4.69, 9.17) is 9.47 Å². The molecule has 1 aliphatic rings. The van der Waals surface area contributed by atoms with Gasteiger partial charge in [0.1, 0.15) is 6.04 Å². The summed E-state index contributed by atoms with van der Waals surface area (Å²) in [5.41, 5.74) is 0.898. The number of aromatic nitrogens is 2. The van der Waals surface area contributed by atoms with Gasteiger partial charge in [0.25, 0.3) is 0 Å². The van der Waals surface area contributed by atoms with E-state index < -0.39 is 47.8 Å². The van der Waals surface area contributed by atoms with Crippen molar-refractivity contribution >= 4 is 5.84 Å². The third kappa shape index (κ3) is 3.90. The highest BCUT2D eigenvalue weighted by Gasteiger charge is 2.29. The molecule has 1 fully saturated rings. The van der Waals surface area contributed by atoms with Gasteiger partial charge in [0.15, 0.2) is 29.6 Å². The van der Waals surface area contributed by atoms with Crippen LogP contribution in [0.15, 0.2) is 29.6 Å². The van der Waals surface area contributed by atoms with Crippen molar-refractivity contribution in [1.82, 2.24) is 15.4 Å². The summed E-state index contributed by atoms with van der Waals surface area (Å²) in [4.78, 5) is 11.7. The molecular formula is C16H15F3N4O4. The third-order valence-corrected chi connectivity index (χ3v) is 3.79. The Labute approximate surface area is 151 Å². The summed E-state index contributed by atoms with van der Waals surface area (Å²) < 4.78 is 52.7. The quantitative estimate of drug-likeness (QED) is 0.309. The molecule has 3 rings (SSSR count). The van der Waals surface area contributed by atoms with Gasteiger partial charge in [-0.05, 0) is 6.07 Å². The van der Waals surface area contributed by atoms with E-state index in [9.17, 15) is 23.5 Å². The maximum atomic E-state index is 14.3. The van der Waals surface area contributed by atoms with Crippen LogP contribution in [-0.2, 0) is 9.47 Å². The van der Waals surface area contributed by atoms with Gasteiger partial charge < -0.3 is 14.6 Å². The molecular weight excluding hydrogens is 369 g/mol. The van der Waals surface area contributed by atoms with Gasteiger partial charge in [-0.3, -0.25) is 25.6 Å². The van der Waals surface area contributed by atoms with E-state index in [0.29, 0.717) is 0 Å². The van der Waals surface area contributed by atoms with Gasteiger partial charge in [-0.2, -0.15) is 0 Å². The monoisotopic (exact) mass is 384 g/mol. The van der Waals surface area contributed by atoms with Crippen LogP contribution in [0.2, 0.25) is 0 Å². The number of aliphatic hydroxyl groups excluding tert-OH is 1. The standard InChI is InChI=1S/C16H15F3N4O4/c17-12-8(5-9(13(18)14(12)19)16-26-3-4-27-16)15(23-25)22-11(7-24)10-6-20-1-2-21-10/h1-2,5-6,11,16,24-25H,3-4,7H2,(H,22,23). The van der Waals surface area contributed by atoms with Gasteiger partial charge in [0.05, 0.1) is 37.3 Å². The normalized spacial score (nSPS) is 16.6. The van der Waals surface area contributed by atoms with Gasteiger partial charge in [-0.15, -0.1) is 0 Å². The highest BCUT2D eigenvalue weighted by molar-refractivity contribution is 5.98. The fraction of sp³-hybridized carbons (Fsp3) is 0.312. The number of amidine groups is 1. The lowest BCUT2D eigenvalue weighted by atomic mass is 10.1. The molecule has 11 heteroatoms. The maximum absolute atomic E-state index is 14.3. The van der Waals surface area contributed by atoms with E-state index in [0.717, 1.165) is 6.07 Å². The minimum atomic E-state index is -1.77. The SMILES string of the molecule is OCC(N=C(NO)c1cc(C2OCCO2)c(F)c(F)c1F)c1cnccn1. The summed E-state index contributed by atoms with van der Waals surface area (Å²) in [5.74, 6) is -5.36. The molecule has 1 unspecified atom stereocenters. The fourth-order valence-corrected chi connectivity index (χ4v) is 2.50. The number of aliphatic imine (C=N–C) groups is 1. The lowest BCUT2D eigenvalue weighted by molar-refractivity contribution is -0.0469. The van der Waals surface area contributed by atoms with Crippen molar-refractivity contribution in [2.45, 2.75) is 12.3 Å². The minimum absolute atomic E-state index is 0.164. The summed E-state index contributed by atoms with van der Waals surface area (Å²) in [6.07, 6.45) is 2.85. The molecule has 0 radical (unpaired) electrons. The van der Waals surface area contributed by atoms with E-state index >= 15 is 0 Å². The lowest BCUT2D eigenvalue weighted by Crippen LogP contribution is -2.25. The van der Waals surface area contributed by atoms with Crippen LogP contribution >= 0.6 is 0 Å². The third-order valence-electron chi connectivity index (χ3n) is 3.79. The number of aliphatic hydroxyl groups is 1. The second-order valence-electron chi connectivity index (χ2n) is 5.45. The Morgan fingerprint density at radius 2 is 1.96 bits per heavy atom. The number of benzene rings is 1. The highest BCUT2D eigenvalue weighted by Crippen LogP contribution is 2.30. The summed E-state index contributed by atoms with van der Waals surface area (Å²) in [7, 11) is 0. The van der Waals surface area contributed by atoms with Crippen molar-refractivity contribution in [1.29, 1.82) is 0 Å². The molecule has 3 N–H and O–H groups in total. The molecule has 2 heterocycles. The van der Waals surface area contributed by atoms with Crippen LogP contribution in [0.5, 0.6) is 0 Å². The van der Waals surface area contributed by atoms with Crippen LogP contribution in [-0.4, -0.2) is 45.9 Å². The molecule has 1 aliphatic heterocycles. The Morgan fingerprint density at radius 3 is 2.56 bits per heavy atom. The van der Waals surface area contributed by atoms with Crippen LogP contribution in [0.3, 0.4) is 0 Å². The van der Waals surface area contributed by atoms with Gasteiger partial charge in [-0.1, -0.05) is 0 Å². The van der Waals surface area contributed by atoms with E-state index in [2.05, 4.69) is 15.0 Å². The summed E-state index contributed by atoms with van der Waals surface area (Å²) in [5, 5.41) is 18.9. The second kappa shape index (κ2) is 8.39. The molecule has 1 saturated heterocycles. The number of halogens is 3. The smallest absolute Gasteiger partial charge is 0.195 e. The average Bonchev–Trinajstić information content (AvgIpc) is 3.23. The number of ether oxygens (including phenoxy) is 2. The van der Waals surface area contributed by atoms with Gasteiger partial charge in [-0.25, -0.2) is 13.2 Å². The van der Waals surface area contributed by atoms with Crippen molar-refractivity contribution in [3.63, 3.8) is 0 Å². The second-order valence-corrected chi connectivity index (χ2v) is 5.45.